The smallest absolute Gasteiger partial charge is 0.305 e. The van der Waals surface area contributed by atoms with Gasteiger partial charge in [-0.1, -0.05) is 0 Å². The monoisotopic (exact) mass is 247 g/mol. The Labute approximate surface area is 105 Å². The molecule has 0 fully saturated rings. The molecule has 0 aliphatic carbocycles. The number of esters is 1. The summed E-state index contributed by atoms with van der Waals surface area (Å²) in [6.45, 7) is 0. The second-order valence-electron chi connectivity index (χ2n) is 3.53. The fourth-order valence-electron chi connectivity index (χ4n) is 1.43. The highest BCUT2D eigenvalue weighted by Gasteiger charge is 2.12. The van der Waals surface area contributed by atoms with Crippen LogP contribution in [0.25, 0.3) is 0 Å². The number of carbonyl (C=O) groups is 2. The van der Waals surface area contributed by atoms with Crippen LogP contribution in [0.3, 0.4) is 0 Å². The van der Waals surface area contributed by atoms with Crippen LogP contribution in [0.1, 0.15) is 28.8 Å². The van der Waals surface area contributed by atoms with E-state index in [1.165, 1.54) is 20.3 Å². The van der Waals surface area contributed by atoms with E-state index >= 15 is 0 Å². The quantitative estimate of drug-likeness (QED) is 0.584. The lowest BCUT2D eigenvalue weighted by molar-refractivity contribution is -0.140. The van der Waals surface area contributed by atoms with Crippen LogP contribution in [0, 0.1) is 11.3 Å². The number of nitriles is 1. The lowest BCUT2D eigenvalue weighted by Crippen LogP contribution is -2.06. The summed E-state index contributed by atoms with van der Waals surface area (Å²) in [4.78, 5) is 22.7. The Balaban J connectivity index is 2.81. The molecule has 5 nitrogen and oxygen atoms in total. The highest BCUT2D eigenvalue weighted by Crippen LogP contribution is 2.19. The lowest BCUT2D eigenvalue weighted by atomic mass is 10.0. The molecule has 0 saturated heterocycles. The SMILES string of the molecule is COC(=O)CCC(=O)c1ccc(OC)c(C#N)c1. The molecule has 0 aliphatic rings. The van der Waals surface area contributed by atoms with E-state index < -0.39 is 5.97 Å². The molecule has 1 aromatic carbocycles. The minimum absolute atomic E-state index is 0.0310. The molecule has 0 aromatic heterocycles. The lowest BCUT2D eigenvalue weighted by Gasteiger charge is -2.05. The van der Waals surface area contributed by atoms with Crippen molar-refractivity contribution >= 4 is 11.8 Å². The molecular weight excluding hydrogens is 234 g/mol. The van der Waals surface area contributed by atoms with E-state index in [0.29, 0.717) is 16.9 Å². The molecule has 1 aromatic rings. The van der Waals surface area contributed by atoms with Gasteiger partial charge in [-0.15, -0.1) is 0 Å². The van der Waals surface area contributed by atoms with Gasteiger partial charge in [0.15, 0.2) is 5.78 Å². The van der Waals surface area contributed by atoms with E-state index in [4.69, 9.17) is 10.00 Å². The fraction of sp³-hybridized carbons (Fsp3) is 0.308. The summed E-state index contributed by atoms with van der Waals surface area (Å²) in [5.74, 6) is -0.223. The van der Waals surface area contributed by atoms with Gasteiger partial charge in [0, 0.05) is 12.0 Å². The van der Waals surface area contributed by atoms with Crippen molar-refractivity contribution < 1.29 is 19.1 Å². The summed E-state index contributed by atoms with van der Waals surface area (Å²) in [6, 6.07) is 6.53. The van der Waals surface area contributed by atoms with Crippen molar-refractivity contribution in [2.24, 2.45) is 0 Å². The molecule has 0 amide bonds. The standard InChI is InChI=1S/C13H13NO4/c1-17-12-5-3-9(7-10(12)8-14)11(15)4-6-13(16)18-2/h3,5,7H,4,6H2,1-2H3. The second-order valence-corrected chi connectivity index (χ2v) is 3.53. The Morgan fingerprint density at radius 3 is 2.56 bits per heavy atom. The van der Waals surface area contributed by atoms with Crippen LogP contribution in [0.5, 0.6) is 5.75 Å². The third kappa shape index (κ3) is 3.32. The van der Waals surface area contributed by atoms with Gasteiger partial charge in [-0.05, 0) is 18.2 Å². The van der Waals surface area contributed by atoms with Crippen LogP contribution in [0.15, 0.2) is 18.2 Å². The highest BCUT2D eigenvalue weighted by atomic mass is 16.5. The summed E-state index contributed by atoms with van der Waals surface area (Å²) in [7, 11) is 2.73. The summed E-state index contributed by atoms with van der Waals surface area (Å²) >= 11 is 0. The molecule has 0 bridgehead atoms. The molecule has 0 atom stereocenters. The van der Waals surface area contributed by atoms with E-state index in [1.807, 2.05) is 6.07 Å². The molecule has 0 N–H and O–H groups in total. The van der Waals surface area contributed by atoms with Crippen molar-refractivity contribution in [3.63, 3.8) is 0 Å². The molecule has 0 heterocycles. The number of ether oxygens (including phenoxy) is 2. The molecule has 0 unspecified atom stereocenters. The number of hydrogen-bond acceptors (Lipinski definition) is 5. The van der Waals surface area contributed by atoms with E-state index in [9.17, 15) is 9.59 Å². The first kappa shape index (κ1) is 13.7. The van der Waals surface area contributed by atoms with Crippen LogP contribution in [-0.4, -0.2) is 26.0 Å². The van der Waals surface area contributed by atoms with Gasteiger partial charge in [-0.2, -0.15) is 5.26 Å². The third-order valence-electron chi connectivity index (χ3n) is 2.43. The minimum Gasteiger partial charge on any atom is -0.495 e. The zero-order chi connectivity index (χ0) is 13.5. The summed E-state index contributed by atoms with van der Waals surface area (Å²) in [5, 5.41) is 8.90. The van der Waals surface area contributed by atoms with Crippen LogP contribution < -0.4 is 4.74 Å². The first-order chi connectivity index (χ1) is 8.62. The van der Waals surface area contributed by atoms with Crippen molar-refractivity contribution in [1.82, 2.24) is 0 Å². The van der Waals surface area contributed by atoms with Gasteiger partial charge < -0.3 is 9.47 Å². The number of rotatable bonds is 5. The molecule has 18 heavy (non-hydrogen) atoms. The molecule has 0 aliphatic heterocycles. The normalized spacial score (nSPS) is 9.39. The van der Waals surface area contributed by atoms with E-state index in [0.717, 1.165) is 0 Å². The molecule has 94 valence electrons. The van der Waals surface area contributed by atoms with E-state index in [2.05, 4.69) is 4.74 Å². The number of carbonyl (C=O) groups excluding carboxylic acids is 2. The second kappa shape index (κ2) is 6.40. The predicted octanol–water partition coefficient (Wildman–Crippen LogP) is 1.70. The van der Waals surface area contributed by atoms with Gasteiger partial charge in [0.25, 0.3) is 0 Å². The maximum atomic E-state index is 11.8. The minimum atomic E-state index is -0.433. The van der Waals surface area contributed by atoms with Crippen molar-refractivity contribution in [1.29, 1.82) is 5.26 Å². The van der Waals surface area contributed by atoms with Gasteiger partial charge in [-0.25, -0.2) is 0 Å². The Hall–Kier alpha value is -2.35. The number of ketones is 1. The van der Waals surface area contributed by atoms with Crippen molar-refractivity contribution in [3.05, 3.63) is 29.3 Å². The van der Waals surface area contributed by atoms with Gasteiger partial charge in [0.05, 0.1) is 26.2 Å². The predicted molar refractivity (Wildman–Crippen MR) is 63.3 cm³/mol. The molecule has 0 saturated carbocycles. The number of benzene rings is 1. The Bertz CT molecular complexity index is 502. The molecule has 0 spiro atoms. The van der Waals surface area contributed by atoms with Crippen molar-refractivity contribution in [3.8, 4) is 11.8 Å². The number of methoxy groups -OCH3 is 2. The summed E-state index contributed by atoms with van der Waals surface area (Å²) in [6.07, 6.45) is 0.0904. The zero-order valence-corrected chi connectivity index (χ0v) is 10.2. The maximum absolute atomic E-state index is 11.8. The number of nitrogens with zero attached hydrogens (tertiary/aromatic N) is 1. The topological polar surface area (TPSA) is 76.4 Å². The Morgan fingerprint density at radius 1 is 1.28 bits per heavy atom. The Morgan fingerprint density at radius 2 is 2.00 bits per heavy atom. The first-order valence-electron chi connectivity index (χ1n) is 5.30. The van der Waals surface area contributed by atoms with Crippen molar-refractivity contribution in [2.75, 3.05) is 14.2 Å². The van der Waals surface area contributed by atoms with E-state index in [-0.39, 0.29) is 18.6 Å². The largest absolute Gasteiger partial charge is 0.495 e. The Kier molecular flexibility index (Phi) is 4.88. The molecule has 0 radical (unpaired) electrons. The van der Waals surface area contributed by atoms with Crippen molar-refractivity contribution in [2.45, 2.75) is 12.8 Å². The van der Waals surface area contributed by atoms with Crippen LogP contribution >= 0.6 is 0 Å². The summed E-state index contributed by atoms with van der Waals surface area (Å²) < 4.78 is 9.43. The molecular formula is C13H13NO4. The third-order valence-corrected chi connectivity index (χ3v) is 2.43. The highest BCUT2D eigenvalue weighted by molar-refractivity contribution is 5.98. The number of hydrogen-bond donors (Lipinski definition) is 0. The number of Topliss-reactive ketones (excluding diaryl/α,β-unsaturated/α-hetero) is 1. The van der Waals surface area contributed by atoms with Crippen LogP contribution in [0.2, 0.25) is 0 Å². The molecule has 5 heteroatoms. The summed E-state index contributed by atoms with van der Waals surface area (Å²) in [5.41, 5.74) is 0.678. The average molecular weight is 247 g/mol. The molecule has 1 rings (SSSR count). The van der Waals surface area contributed by atoms with Gasteiger partial charge in [0.1, 0.15) is 11.8 Å². The van der Waals surface area contributed by atoms with Crippen LogP contribution in [-0.2, 0) is 9.53 Å². The van der Waals surface area contributed by atoms with Gasteiger partial charge >= 0.3 is 5.97 Å². The zero-order valence-electron chi connectivity index (χ0n) is 10.2. The average Bonchev–Trinajstić information content (AvgIpc) is 2.43. The van der Waals surface area contributed by atoms with Gasteiger partial charge in [0.2, 0.25) is 0 Å². The first-order valence-corrected chi connectivity index (χ1v) is 5.30. The van der Waals surface area contributed by atoms with E-state index in [1.54, 1.807) is 12.1 Å². The van der Waals surface area contributed by atoms with Gasteiger partial charge in [-0.3, -0.25) is 9.59 Å². The van der Waals surface area contributed by atoms with Crippen LogP contribution in [0.4, 0.5) is 0 Å². The maximum Gasteiger partial charge on any atom is 0.305 e. The fourth-order valence-corrected chi connectivity index (χ4v) is 1.43.